The first-order valence-electron chi connectivity index (χ1n) is 10.0. The summed E-state index contributed by atoms with van der Waals surface area (Å²) in [5.41, 5.74) is 9.05. The van der Waals surface area contributed by atoms with Gasteiger partial charge in [-0.3, -0.25) is 9.69 Å². The molecule has 1 aromatic heterocycles. The predicted molar refractivity (Wildman–Crippen MR) is 118 cm³/mol. The quantitative estimate of drug-likeness (QED) is 0.544. The number of nitrogens with zero attached hydrogens (tertiary/aromatic N) is 3. The highest BCUT2D eigenvalue weighted by atomic mass is 19.1. The van der Waals surface area contributed by atoms with Crippen LogP contribution in [0.3, 0.4) is 0 Å². The Hall–Kier alpha value is -3.36. The summed E-state index contributed by atoms with van der Waals surface area (Å²) in [6, 6.07) is 11.9. The van der Waals surface area contributed by atoms with Crippen molar-refractivity contribution in [3.63, 3.8) is 0 Å². The molecule has 4 rings (SSSR count). The Morgan fingerprint density at radius 3 is 2.77 bits per heavy atom. The summed E-state index contributed by atoms with van der Waals surface area (Å²) in [4.78, 5) is 23.1. The van der Waals surface area contributed by atoms with Crippen LogP contribution in [0.1, 0.15) is 12.0 Å². The number of carbonyl (C=O) groups excluding carboxylic acids is 1. The number of hydrogen-bond acceptors (Lipinski definition) is 6. The summed E-state index contributed by atoms with van der Waals surface area (Å²) in [7, 11) is 1.68. The van der Waals surface area contributed by atoms with E-state index in [0.717, 1.165) is 35.0 Å². The first-order chi connectivity index (χ1) is 15.0. The van der Waals surface area contributed by atoms with Crippen LogP contribution in [0.15, 0.2) is 60.7 Å². The number of aromatic nitrogens is 2. The van der Waals surface area contributed by atoms with Crippen LogP contribution in [0.2, 0.25) is 0 Å². The minimum atomic E-state index is -0.590. The summed E-state index contributed by atoms with van der Waals surface area (Å²) in [6.07, 6.45) is 4.27. The first kappa shape index (κ1) is 20.9. The minimum absolute atomic E-state index is 0.269. The predicted octanol–water partition coefficient (Wildman–Crippen LogP) is 2.80. The third-order valence-electron chi connectivity index (χ3n) is 5.50. The molecule has 7 nitrogen and oxygen atoms in total. The number of likely N-dealkylation sites (tertiary alicyclic amines) is 1. The highest BCUT2D eigenvalue weighted by Crippen LogP contribution is 2.28. The molecular formula is C23H24FN5O2. The van der Waals surface area contributed by atoms with Gasteiger partial charge in [0.15, 0.2) is 0 Å². The second-order valence-corrected chi connectivity index (χ2v) is 7.51. The molecule has 2 heterocycles. The van der Waals surface area contributed by atoms with Crippen LogP contribution < -0.4 is 11.1 Å². The largest absolute Gasteiger partial charge is 0.383 e. The Balaban J connectivity index is 1.77. The zero-order valence-corrected chi connectivity index (χ0v) is 17.2. The maximum Gasteiger partial charge on any atom is 0.265 e. The fourth-order valence-electron chi connectivity index (χ4n) is 3.74. The fourth-order valence-corrected chi connectivity index (χ4v) is 3.74. The Morgan fingerprint density at radius 1 is 1.29 bits per heavy atom. The van der Waals surface area contributed by atoms with Crippen molar-refractivity contribution in [2.45, 2.75) is 12.5 Å². The molecule has 3 aromatic rings. The molecule has 0 bridgehead atoms. The van der Waals surface area contributed by atoms with Crippen molar-refractivity contribution in [2.75, 3.05) is 32.1 Å². The van der Waals surface area contributed by atoms with E-state index in [-0.39, 0.29) is 17.6 Å². The minimum Gasteiger partial charge on any atom is -0.383 e. The lowest BCUT2D eigenvalue weighted by molar-refractivity contribution is -0.114. The number of nitrogens with two attached hydrogens (primary N) is 1. The Morgan fingerprint density at radius 2 is 2.10 bits per heavy atom. The van der Waals surface area contributed by atoms with Gasteiger partial charge in [-0.05, 0) is 48.4 Å². The highest BCUT2D eigenvalue weighted by Gasteiger charge is 2.30. The SMILES string of the molecule is COC[C@H]1CCN1C/C(=C(\Nc1ccc(F)cc1)C(N)=O)c1ccc2ncncc2c1. The Labute approximate surface area is 179 Å². The molecule has 0 saturated carbocycles. The van der Waals surface area contributed by atoms with Crippen molar-refractivity contribution in [1.82, 2.24) is 14.9 Å². The number of rotatable bonds is 8. The number of carbonyl (C=O) groups is 1. The molecule has 160 valence electrons. The van der Waals surface area contributed by atoms with Crippen molar-refractivity contribution in [1.29, 1.82) is 0 Å². The van der Waals surface area contributed by atoms with E-state index in [0.29, 0.717) is 18.8 Å². The van der Waals surface area contributed by atoms with Crippen LogP contribution in [0, 0.1) is 5.82 Å². The van der Waals surface area contributed by atoms with Crippen molar-refractivity contribution in [2.24, 2.45) is 5.73 Å². The zero-order valence-electron chi connectivity index (χ0n) is 17.2. The van der Waals surface area contributed by atoms with Gasteiger partial charge in [-0.25, -0.2) is 14.4 Å². The van der Waals surface area contributed by atoms with E-state index in [1.54, 1.807) is 25.4 Å². The van der Waals surface area contributed by atoms with E-state index < -0.39 is 5.91 Å². The molecule has 1 atom stereocenters. The molecule has 0 unspecified atom stereocenters. The third kappa shape index (κ3) is 4.70. The van der Waals surface area contributed by atoms with Gasteiger partial charge in [0.05, 0.1) is 12.1 Å². The molecule has 1 aliphatic rings. The van der Waals surface area contributed by atoms with Gasteiger partial charge in [-0.15, -0.1) is 0 Å². The first-order valence-corrected chi connectivity index (χ1v) is 10.0. The lowest BCUT2D eigenvalue weighted by Gasteiger charge is -2.41. The molecule has 0 aliphatic carbocycles. The number of fused-ring (bicyclic) bond motifs is 1. The Kier molecular flexibility index (Phi) is 6.20. The van der Waals surface area contributed by atoms with Gasteiger partial charge in [-0.2, -0.15) is 0 Å². The number of benzene rings is 2. The molecule has 0 spiro atoms. The van der Waals surface area contributed by atoms with Gasteiger partial charge in [0.1, 0.15) is 17.8 Å². The van der Waals surface area contributed by atoms with Crippen LogP contribution in [-0.4, -0.2) is 53.6 Å². The summed E-state index contributed by atoms with van der Waals surface area (Å²) in [5.74, 6) is -0.944. The van der Waals surface area contributed by atoms with Gasteiger partial charge in [-0.1, -0.05) is 6.07 Å². The molecule has 1 aliphatic heterocycles. The average molecular weight is 421 g/mol. The number of ether oxygens (including phenoxy) is 1. The van der Waals surface area contributed by atoms with Gasteiger partial charge in [0.2, 0.25) is 0 Å². The molecule has 31 heavy (non-hydrogen) atoms. The van der Waals surface area contributed by atoms with Gasteiger partial charge >= 0.3 is 0 Å². The van der Waals surface area contributed by atoms with Crippen molar-refractivity contribution >= 4 is 28.1 Å². The molecule has 8 heteroatoms. The maximum atomic E-state index is 13.3. The normalized spacial score (nSPS) is 17.2. The Bertz CT molecular complexity index is 1120. The smallest absolute Gasteiger partial charge is 0.265 e. The van der Waals surface area contributed by atoms with Crippen LogP contribution in [0.25, 0.3) is 16.5 Å². The maximum absolute atomic E-state index is 13.3. The van der Waals surface area contributed by atoms with E-state index in [2.05, 4.69) is 20.2 Å². The topological polar surface area (TPSA) is 93.4 Å². The molecule has 1 amide bonds. The van der Waals surface area contributed by atoms with E-state index >= 15 is 0 Å². The van der Waals surface area contributed by atoms with Gasteiger partial charge < -0.3 is 15.8 Å². The summed E-state index contributed by atoms with van der Waals surface area (Å²) in [5, 5.41) is 3.96. The molecule has 2 aromatic carbocycles. The van der Waals surface area contributed by atoms with Crippen molar-refractivity contribution < 1.29 is 13.9 Å². The number of halogens is 1. The highest BCUT2D eigenvalue weighted by molar-refractivity contribution is 6.03. The number of hydrogen-bond donors (Lipinski definition) is 2. The van der Waals surface area contributed by atoms with Crippen molar-refractivity contribution in [3.05, 3.63) is 72.1 Å². The lowest BCUT2D eigenvalue weighted by atomic mass is 9.96. The number of methoxy groups -OCH3 is 1. The molecule has 1 fully saturated rings. The van der Waals surface area contributed by atoms with Crippen LogP contribution in [-0.2, 0) is 9.53 Å². The lowest BCUT2D eigenvalue weighted by Crippen LogP contribution is -2.50. The van der Waals surface area contributed by atoms with E-state index in [9.17, 15) is 9.18 Å². The summed E-state index contributed by atoms with van der Waals surface area (Å²) >= 11 is 0. The summed E-state index contributed by atoms with van der Waals surface area (Å²) in [6.45, 7) is 2.03. The standard InChI is InChI=1S/C23H24FN5O2/c1-31-13-19-8-9-29(19)12-20(15-2-7-21-16(10-15)11-26-14-27-21)22(23(25)30)28-18-5-3-17(24)4-6-18/h2-7,10-11,14,19,28H,8-9,12-13H2,1H3,(H2,25,30)/b22-20+/t19-/m1/s1. The van der Waals surface area contributed by atoms with Crippen molar-refractivity contribution in [3.8, 4) is 0 Å². The molecule has 0 radical (unpaired) electrons. The summed E-state index contributed by atoms with van der Waals surface area (Å²) < 4.78 is 18.7. The van der Waals surface area contributed by atoms with E-state index in [4.69, 9.17) is 10.5 Å². The van der Waals surface area contributed by atoms with Crippen LogP contribution in [0.4, 0.5) is 10.1 Å². The van der Waals surface area contributed by atoms with Crippen LogP contribution >= 0.6 is 0 Å². The fraction of sp³-hybridized carbons (Fsp3) is 0.261. The third-order valence-corrected chi connectivity index (χ3v) is 5.50. The van der Waals surface area contributed by atoms with Gasteiger partial charge in [0.25, 0.3) is 5.91 Å². The van der Waals surface area contributed by atoms with Crippen LogP contribution in [0.5, 0.6) is 0 Å². The number of anilines is 1. The molecule has 1 saturated heterocycles. The number of primary amides is 1. The second kappa shape index (κ2) is 9.20. The number of nitrogens with one attached hydrogen (secondary N) is 1. The van der Waals surface area contributed by atoms with E-state index in [1.165, 1.54) is 18.5 Å². The average Bonchev–Trinajstić information content (AvgIpc) is 2.77. The van der Waals surface area contributed by atoms with Gasteiger partial charge in [0, 0.05) is 49.1 Å². The van der Waals surface area contributed by atoms with E-state index in [1.807, 2.05) is 18.2 Å². The molecular weight excluding hydrogens is 397 g/mol. The zero-order chi connectivity index (χ0) is 21.8. The second-order valence-electron chi connectivity index (χ2n) is 7.51. The molecule has 3 N–H and O–H groups in total. The monoisotopic (exact) mass is 421 g/mol. The number of amides is 1.